The molecule has 0 aliphatic carbocycles. The Morgan fingerprint density at radius 3 is 2.31 bits per heavy atom. The molecule has 2 aromatic carbocycles. The average Bonchev–Trinajstić information content (AvgIpc) is 2.92. The summed E-state index contributed by atoms with van der Waals surface area (Å²) in [5.74, 6) is -4.81. The highest BCUT2D eigenvalue weighted by molar-refractivity contribution is 6.20. The summed E-state index contributed by atoms with van der Waals surface area (Å²) in [7, 11) is 1.53. The van der Waals surface area contributed by atoms with E-state index in [4.69, 9.17) is 5.73 Å². The van der Waals surface area contributed by atoms with Gasteiger partial charge in [0, 0.05) is 36.4 Å². The molecular formula is C25H27F3N4O3. The van der Waals surface area contributed by atoms with Gasteiger partial charge < -0.3 is 16.0 Å². The number of para-hydroxylation sites is 1. The highest BCUT2D eigenvalue weighted by Gasteiger charge is 2.38. The molecular weight excluding hydrogens is 461 g/mol. The van der Waals surface area contributed by atoms with E-state index in [1.807, 2.05) is 6.07 Å². The first-order valence-electron chi connectivity index (χ1n) is 11.2. The molecule has 0 saturated carbocycles. The molecule has 0 radical (unpaired) electrons. The molecule has 0 fully saturated rings. The molecule has 0 spiro atoms. The Labute approximate surface area is 201 Å². The first kappa shape index (κ1) is 25.9. The van der Waals surface area contributed by atoms with E-state index in [1.54, 1.807) is 55.5 Å². The number of hydrogen-bond donors (Lipinski definition) is 2. The molecule has 7 nitrogen and oxygen atoms in total. The number of aliphatic imine (C=N–C) groups is 1. The van der Waals surface area contributed by atoms with E-state index in [2.05, 4.69) is 10.3 Å². The van der Waals surface area contributed by atoms with Crippen LogP contribution in [0, 0.1) is 11.8 Å². The molecule has 10 heteroatoms. The number of benzene rings is 2. The lowest BCUT2D eigenvalue weighted by Crippen LogP contribution is -2.50. The Bertz CT molecular complexity index is 1120. The number of rotatable bonds is 8. The highest BCUT2D eigenvalue weighted by atomic mass is 19.4. The summed E-state index contributed by atoms with van der Waals surface area (Å²) in [6, 6.07) is 16.1. The summed E-state index contributed by atoms with van der Waals surface area (Å²) in [5.41, 5.74) is 7.74. The standard InChI is InChI=1S/C25H27F3N4O3/c1-3-16(21(29)33)17(13-14-25(26,27)28)23(34)31-22-24(35)32(2)19-12-8-7-11-18(19)20(30-22)15-9-5-4-6-10-15/h4-12,16-17,22H,3,13-14H2,1-2H3,(H2,29,33)(H,31,34). The van der Waals surface area contributed by atoms with E-state index in [0.29, 0.717) is 22.5 Å². The Kier molecular flexibility index (Phi) is 7.93. The number of fused-ring (bicyclic) bond motifs is 1. The van der Waals surface area contributed by atoms with Crippen molar-refractivity contribution in [2.75, 3.05) is 11.9 Å². The van der Waals surface area contributed by atoms with Crippen molar-refractivity contribution in [1.29, 1.82) is 0 Å². The fourth-order valence-corrected chi connectivity index (χ4v) is 4.20. The number of hydrogen-bond acceptors (Lipinski definition) is 4. The minimum atomic E-state index is -4.52. The van der Waals surface area contributed by atoms with Crippen LogP contribution in [0.2, 0.25) is 0 Å². The van der Waals surface area contributed by atoms with E-state index < -0.39 is 54.7 Å². The molecule has 1 heterocycles. The Morgan fingerprint density at radius 1 is 1.09 bits per heavy atom. The third-order valence-electron chi connectivity index (χ3n) is 6.04. The van der Waals surface area contributed by atoms with Gasteiger partial charge in [0.25, 0.3) is 5.91 Å². The van der Waals surface area contributed by atoms with Crippen LogP contribution in [0.5, 0.6) is 0 Å². The second-order valence-electron chi connectivity index (χ2n) is 8.35. The van der Waals surface area contributed by atoms with E-state index >= 15 is 0 Å². The number of carbonyl (C=O) groups is 3. The number of primary amides is 1. The topological polar surface area (TPSA) is 105 Å². The maximum Gasteiger partial charge on any atom is 0.389 e. The number of anilines is 1. The smallest absolute Gasteiger partial charge is 0.369 e. The van der Waals surface area contributed by atoms with Crippen molar-refractivity contribution < 1.29 is 27.6 Å². The number of benzodiazepines with no additional fused rings is 1. The predicted molar refractivity (Wildman–Crippen MR) is 126 cm³/mol. The Morgan fingerprint density at radius 2 is 1.71 bits per heavy atom. The minimum Gasteiger partial charge on any atom is -0.369 e. The molecule has 1 aliphatic heterocycles. The average molecular weight is 489 g/mol. The molecule has 3 unspecified atom stereocenters. The van der Waals surface area contributed by atoms with Crippen molar-refractivity contribution >= 4 is 29.1 Å². The maximum absolute atomic E-state index is 13.3. The van der Waals surface area contributed by atoms with Gasteiger partial charge in [0.1, 0.15) is 0 Å². The van der Waals surface area contributed by atoms with Crippen molar-refractivity contribution in [1.82, 2.24) is 5.32 Å². The predicted octanol–water partition coefficient (Wildman–Crippen LogP) is 3.41. The molecule has 3 amide bonds. The van der Waals surface area contributed by atoms with Crippen LogP contribution >= 0.6 is 0 Å². The van der Waals surface area contributed by atoms with Crippen molar-refractivity contribution in [3.05, 3.63) is 65.7 Å². The van der Waals surface area contributed by atoms with Crippen LogP contribution in [-0.2, 0) is 14.4 Å². The van der Waals surface area contributed by atoms with Gasteiger partial charge in [-0.05, 0) is 18.9 Å². The van der Waals surface area contributed by atoms with Crippen LogP contribution < -0.4 is 16.0 Å². The first-order valence-corrected chi connectivity index (χ1v) is 11.2. The SMILES string of the molecule is CCC(C(N)=O)C(CCC(F)(F)F)C(=O)NC1N=C(c2ccccc2)c2ccccc2N(C)C1=O. The fraction of sp³-hybridized carbons (Fsp3) is 0.360. The molecule has 3 rings (SSSR count). The maximum atomic E-state index is 13.3. The molecule has 0 saturated heterocycles. The van der Waals surface area contributed by atoms with Gasteiger partial charge in [-0.25, -0.2) is 4.99 Å². The molecule has 3 atom stereocenters. The van der Waals surface area contributed by atoms with Crippen molar-refractivity contribution in [3.8, 4) is 0 Å². The lowest BCUT2D eigenvalue weighted by Gasteiger charge is -2.26. The molecule has 3 N–H and O–H groups in total. The van der Waals surface area contributed by atoms with Gasteiger partial charge in [0.05, 0.1) is 11.4 Å². The number of likely N-dealkylation sites (N-methyl/N-ethyl adjacent to an activating group) is 1. The second kappa shape index (κ2) is 10.7. The first-order chi connectivity index (χ1) is 16.5. The van der Waals surface area contributed by atoms with Gasteiger partial charge in [-0.2, -0.15) is 13.2 Å². The highest BCUT2D eigenvalue weighted by Crippen LogP contribution is 2.30. The molecule has 186 valence electrons. The normalized spacial score (nSPS) is 17.6. The molecule has 2 aromatic rings. The zero-order chi connectivity index (χ0) is 25.8. The van der Waals surface area contributed by atoms with Crippen LogP contribution in [-0.4, -0.2) is 42.8 Å². The van der Waals surface area contributed by atoms with Crippen LogP contribution in [0.3, 0.4) is 0 Å². The lowest BCUT2D eigenvalue weighted by molar-refractivity contribution is -0.146. The third-order valence-corrected chi connectivity index (χ3v) is 6.04. The van der Waals surface area contributed by atoms with Gasteiger partial charge in [0.2, 0.25) is 18.0 Å². The minimum absolute atomic E-state index is 0.0772. The summed E-state index contributed by atoms with van der Waals surface area (Å²) < 4.78 is 38.8. The number of halogens is 3. The number of nitrogens with zero attached hydrogens (tertiary/aromatic N) is 2. The zero-order valence-electron chi connectivity index (χ0n) is 19.4. The number of amides is 3. The van der Waals surface area contributed by atoms with Crippen LogP contribution in [0.1, 0.15) is 37.3 Å². The largest absolute Gasteiger partial charge is 0.389 e. The third kappa shape index (κ3) is 6.06. The summed E-state index contributed by atoms with van der Waals surface area (Å²) in [4.78, 5) is 44.2. The molecule has 0 aromatic heterocycles. The summed E-state index contributed by atoms with van der Waals surface area (Å²) in [6.45, 7) is 1.57. The summed E-state index contributed by atoms with van der Waals surface area (Å²) >= 11 is 0. The van der Waals surface area contributed by atoms with Crippen LogP contribution in [0.4, 0.5) is 18.9 Å². The quantitative estimate of drug-likeness (QED) is 0.595. The van der Waals surface area contributed by atoms with E-state index in [0.717, 1.165) is 0 Å². The van der Waals surface area contributed by atoms with Crippen LogP contribution in [0.25, 0.3) is 0 Å². The summed E-state index contributed by atoms with van der Waals surface area (Å²) in [6.07, 6.45) is -7.75. The molecule has 35 heavy (non-hydrogen) atoms. The van der Waals surface area contributed by atoms with E-state index in [-0.39, 0.29) is 6.42 Å². The van der Waals surface area contributed by atoms with E-state index in [1.165, 1.54) is 11.9 Å². The van der Waals surface area contributed by atoms with Gasteiger partial charge >= 0.3 is 6.18 Å². The van der Waals surface area contributed by atoms with Crippen molar-refractivity contribution in [2.24, 2.45) is 22.6 Å². The molecule has 1 aliphatic rings. The lowest BCUT2D eigenvalue weighted by atomic mass is 9.85. The van der Waals surface area contributed by atoms with Gasteiger partial charge in [-0.3, -0.25) is 14.4 Å². The van der Waals surface area contributed by atoms with Crippen molar-refractivity contribution in [2.45, 2.75) is 38.5 Å². The van der Waals surface area contributed by atoms with E-state index in [9.17, 15) is 27.6 Å². The zero-order valence-corrected chi connectivity index (χ0v) is 19.4. The second-order valence-corrected chi connectivity index (χ2v) is 8.35. The Balaban J connectivity index is 2.01. The van der Waals surface area contributed by atoms with Gasteiger partial charge in [-0.1, -0.05) is 55.5 Å². The monoisotopic (exact) mass is 488 g/mol. The van der Waals surface area contributed by atoms with Crippen LogP contribution in [0.15, 0.2) is 59.6 Å². The molecule has 0 bridgehead atoms. The number of alkyl halides is 3. The summed E-state index contributed by atoms with van der Waals surface area (Å²) in [5, 5.41) is 2.49. The number of nitrogens with two attached hydrogens (primary N) is 1. The Hall–Kier alpha value is -3.69. The van der Waals surface area contributed by atoms with Gasteiger partial charge in [0.15, 0.2) is 0 Å². The fourth-order valence-electron chi connectivity index (χ4n) is 4.20. The number of carbonyl (C=O) groups excluding carboxylic acids is 3. The number of nitrogens with one attached hydrogen (secondary N) is 1. The van der Waals surface area contributed by atoms with Gasteiger partial charge in [-0.15, -0.1) is 0 Å². The van der Waals surface area contributed by atoms with Crippen molar-refractivity contribution in [3.63, 3.8) is 0 Å².